The van der Waals surface area contributed by atoms with Gasteiger partial charge in [0.1, 0.15) is 18.1 Å². The van der Waals surface area contributed by atoms with Crippen LogP contribution in [0.1, 0.15) is 29.5 Å². The predicted molar refractivity (Wildman–Crippen MR) is 145 cm³/mol. The number of benzene rings is 3. The number of ether oxygens (including phenoxy) is 2. The van der Waals surface area contributed by atoms with Crippen LogP contribution in [0, 0.1) is 6.92 Å². The highest BCUT2D eigenvalue weighted by atomic mass is 16.6. The van der Waals surface area contributed by atoms with Gasteiger partial charge in [-0.15, -0.1) is 0 Å². The van der Waals surface area contributed by atoms with Crippen LogP contribution in [0.2, 0.25) is 0 Å². The third-order valence-electron chi connectivity index (χ3n) is 5.85. The first kappa shape index (κ1) is 25.8. The molecule has 0 aliphatic carbocycles. The van der Waals surface area contributed by atoms with Gasteiger partial charge in [0.15, 0.2) is 0 Å². The van der Waals surface area contributed by atoms with Gasteiger partial charge in [-0.1, -0.05) is 66.7 Å². The molecule has 4 aromatic rings. The molecule has 0 radical (unpaired) electrons. The van der Waals surface area contributed by atoms with Crippen molar-refractivity contribution in [1.29, 1.82) is 0 Å². The van der Waals surface area contributed by atoms with E-state index in [1.54, 1.807) is 4.90 Å². The molecule has 0 aliphatic rings. The number of carbonyl (C=O) groups excluding carboxylic acids is 1. The standard InChI is InChI=1S/C31H32N2O4/c1-3-33(31(34)36-20-11-15-25-12-6-4-7-13-25)23-26-14-10-18-28(22-26)35-21-19-29-24(2)37-30(32-29)27-16-8-5-9-17-27/h4-18,22H,3,19-21,23H2,1-2H3/b15-11+. The molecule has 1 heterocycles. The van der Waals surface area contributed by atoms with Crippen molar-refractivity contribution in [2.75, 3.05) is 19.8 Å². The van der Waals surface area contributed by atoms with E-state index in [1.807, 2.05) is 111 Å². The molecule has 0 atom stereocenters. The van der Waals surface area contributed by atoms with Gasteiger partial charge in [0.25, 0.3) is 0 Å². The van der Waals surface area contributed by atoms with E-state index in [0.717, 1.165) is 33.9 Å². The summed E-state index contributed by atoms with van der Waals surface area (Å²) in [6, 6.07) is 27.5. The van der Waals surface area contributed by atoms with Crippen LogP contribution in [-0.4, -0.2) is 35.7 Å². The van der Waals surface area contributed by atoms with Gasteiger partial charge in [-0.3, -0.25) is 0 Å². The molecule has 0 spiro atoms. The van der Waals surface area contributed by atoms with Gasteiger partial charge >= 0.3 is 6.09 Å². The van der Waals surface area contributed by atoms with Crippen molar-refractivity contribution in [3.8, 4) is 17.2 Å². The molecule has 3 aromatic carbocycles. The molecule has 37 heavy (non-hydrogen) atoms. The number of hydrogen-bond donors (Lipinski definition) is 0. The van der Waals surface area contributed by atoms with Crippen LogP contribution in [0.25, 0.3) is 17.5 Å². The second-order valence-electron chi connectivity index (χ2n) is 8.54. The Kier molecular flexibility index (Phi) is 9.13. The Hall–Kier alpha value is -4.32. The Morgan fingerprint density at radius 1 is 1.00 bits per heavy atom. The molecule has 0 N–H and O–H groups in total. The molecule has 190 valence electrons. The van der Waals surface area contributed by atoms with Crippen molar-refractivity contribution in [2.45, 2.75) is 26.8 Å². The van der Waals surface area contributed by atoms with E-state index in [9.17, 15) is 4.79 Å². The van der Waals surface area contributed by atoms with E-state index in [2.05, 4.69) is 4.98 Å². The Labute approximate surface area is 218 Å². The summed E-state index contributed by atoms with van der Waals surface area (Å²) < 4.78 is 17.3. The van der Waals surface area contributed by atoms with Gasteiger partial charge in [-0.25, -0.2) is 9.78 Å². The van der Waals surface area contributed by atoms with Crippen LogP contribution in [0.3, 0.4) is 0 Å². The van der Waals surface area contributed by atoms with Gasteiger partial charge in [-0.2, -0.15) is 0 Å². The maximum atomic E-state index is 12.6. The van der Waals surface area contributed by atoms with Crippen LogP contribution < -0.4 is 4.74 Å². The van der Waals surface area contributed by atoms with Crippen molar-refractivity contribution >= 4 is 12.2 Å². The van der Waals surface area contributed by atoms with Gasteiger partial charge in [-0.05, 0) is 55.3 Å². The molecule has 0 aliphatic heterocycles. The first-order valence-electron chi connectivity index (χ1n) is 12.5. The van der Waals surface area contributed by atoms with Gasteiger partial charge < -0.3 is 18.8 Å². The summed E-state index contributed by atoms with van der Waals surface area (Å²) >= 11 is 0. The number of aromatic nitrogens is 1. The van der Waals surface area contributed by atoms with Crippen LogP contribution in [0.4, 0.5) is 4.79 Å². The van der Waals surface area contributed by atoms with E-state index in [-0.39, 0.29) is 12.7 Å². The fourth-order valence-electron chi connectivity index (χ4n) is 3.85. The lowest BCUT2D eigenvalue weighted by molar-refractivity contribution is 0.112. The number of nitrogens with zero attached hydrogens (tertiary/aromatic N) is 2. The van der Waals surface area contributed by atoms with E-state index < -0.39 is 0 Å². The maximum Gasteiger partial charge on any atom is 0.410 e. The number of aryl methyl sites for hydroxylation is 1. The van der Waals surface area contributed by atoms with Crippen LogP contribution in [0.15, 0.2) is 95.4 Å². The first-order chi connectivity index (χ1) is 18.1. The third kappa shape index (κ3) is 7.58. The molecule has 0 saturated heterocycles. The van der Waals surface area contributed by atoms with Gasteiger partial charge in [0.05, 0.1) is 12.3 Å². The topological polar surface area (TPSA) is 64.8 Å². The first-order valence-corrected chi connectivity index (χ1v) is 12.5. The smallest absolute Gasteiger partial charge is 0.410 e. The van der Waals surface area contributed by atoms with Crippen molar-refractivity contribution in [2.24, 2.45) is 0 Å². The van der Waals surface area contributed by atoms with E-state index in [0.29, 0.717) is 32.0 Å². The molecule has 0 unspecified atom stereocenters. The number of oxazole rings is 1. The molecule has 1 amide bonds. The minimum atomic E-state index is -0.345. The zero-order valence-electron chi connectivity index (χ0n) is 21.3. The highest BCUT2D eigenvalue weighted by Crippen LogP contribution is 2.22. The SMILES string of the molecule is CCN(Cc1cccc(OCCc2nc(-c3ccccc3)oc2C)c1)C(=O)OC/C=C/c1ccccc1. The minimum absolute atomic E-state index is 0.223. The summed E-state index contributed by atoms with van der Waals surface area (Å²) in [5.41, 5.74) is 3.88. The van der Waals surface area contributed by atoms with Gasteiger partial charge in [0.2, 0.25) is 5.89 Å². The van der Waals surface area contributed by atoms with E-state index >= 15 is 0 Å². The molecule has 0 fully saturated rings. The van der Waals surface area contributed by atoms with Crippen LogP contribution in [-0.2, 0) is 17.7 Å². The minimum Gasteiger partial charge on any atom is -0.493 e. The molecule has 0 saturated carbocycles. The number of hydrogen-bond acceptors (Lipinski definition) is 5. The Bertz CT molecular complexity index is 1300. The lowest BCUT2D eigenvalue weighted by atomic mass is 10.2. The molecule has 0 bridgehead atoms. The van der Waals surface area contributed by atoms with E-state index in [1.165, 1.54) is 0 Å². The van der Waals surface area contributed by atoms with Gasteiger partial charge in [0, 0.05) is 25.1 Å². The lowest BCUT2D eigenvalue weighted by Gasteiger charge is -2.20. The highest BCUT2D eigenvalue weighted by Gasteiger charge is 2.14. The largest absolute Gasteiger partial charge is 0.493 e. The molecule has 4 rings (SSSR count). The Morgan fingerprint density at radius 2 is 1.76 bits per heavy atom. The average Bonchev–Trinajstić information content (AvgIpc) is 3.31. The Balaban J connectivity index is 1.27. The average molecular weight is 497 g/mol. The summed E-state index contributed by atoms with van der Waals surface area (Å²) in [6.45, 7) is 5.54. The summed E-state index contributed by atoms with van der Waals surface area (Å²) in [5, 5.41) is 0. The lowest BCUT2D eigenvalue weighted by Crippen LogP contribution is -2.31. The monoisotopic (exact) mass is 496 g/mol. The molecule has 6 nitrogen and oxygen atoms in total. The zero-order chi connectivity index (χ0) is 25.9. The highest BCUT2D eigenvalue weighted by molar-refractivity contribution is 5.68. The second kappa shape index (κ2) is 13.1. The fraction of sp³-hybridized carbons (Fsp3) is 0.226. The summed E-state index contributed by atoms with van der Waals surface area (Å²) in [4.78, 5) is 18.9. The number of amides is 1. The summed E-state index contributed by atoms with van der Waals surface area (Å²) in [5.74, 6) is 2.17. The van der Waals surface area contributed by atoms with Crippen LogP contribution in [0.5, 0.6) is 5.75 Å². The van der Waals surface area contributed by atoms with Crippen molar-refractivity contribution in [3.05, 3.63) is 114 Å². The molecular formula is C31H32N2O4. The van der Waals surface area contributed by atoms with Crippen LogP contribution >= 0.6 is 0 Å². The van der Waals surface area contributed by atoms with E-state index in [4.69, 9.17) is 13.9 Å². The maximum absolute atomic E-state index is 12.6. The fourth-order valence-corrected chi connectivity index (χ4v) is 3.85. The second-order valence-corrected chi connectivity index (χ2v) is 8.54. The normalized spacial score (nSPS) is 11.0. The molecule has 6 heteroatoms. The quantitative estimate of drug-likeness (QED) is 0.225. The van der Waals surface area contributed by atoms with Crippen molar-refractivity contribution in [3.63, 3.8) is 0 Å². The molecular weight excluding hydrogens is 464 g/mol. The predicted octanol–water partition coefficient (Wildman–Crippen LogP) is 6.94. The zero-order valence-corrected chi connectivity index (χ0v) is 21.3. The number of rotatable bonds is 11. The summed E-state index contributed by atoms with van der Waals surface area (Å²) in [7, 11) is 0. The Morgan fingerprint density at radius 3 is 2.51 bits per heavy atom. The molecule has 1 aromatic heterocycles. The summed E-state index contributed by atoms with van der Waals surface area (Å²) in [6.07, 6.45) is 4.07. The number of carbonyl (C=O) groups is 1. The van der Waals surface area contributed by atoms with Crippen molar-refractivity contribution in [1.82, 2.24) is 9.88 Å². The van der Waals surface area contributed by atoms with Crippen molar-refractivity contribution < 1.29 is 18.7 Å². The third-order valence-corrected chi connectivity index (χ3v) is 5.85.